The number of methoxy groups -OCH3 is 2. The molecule has 3 nitrogen and oxygen atoms in total. The summed E-state index contributed by atoms with van der Waals surface area (Å²) < 4.78 is 12.0. The zero-order chi connectivity index (χ0) is 16.4. The normalized spacial score (nSPS) is 11.3. The number of ether oxygens (including phenoxy) is 2. The second-order valence-corrected chi connectivity index (χ2v) is 6.43. The van der Waals surface area contributed by atoms with E-state index in [1.807, 2.05) is 30.4 Å². The van der Waals surface area contributed by atoms with Crippen molar-refractivity contribution in [3.05, 3.63) is 52.0 Å². The summed E-state index contributed by atoms with van der Waals surface area (Å²) in [6.07, 6.45) is 4.03. The highest BCUT2D eigenvalue weighted by Gasteiger charge is 2.08. The first-order valence-corrected chi connectivity index (χ1v) is 8.21. The second kappa shape index (κ2) is 6.42. The Morgan fingerprint density at radius 3 is 2.52 bits per heavy atom. The van der Waals surface area contributed by atoms with Crippen LogP contribution in [0.1, 0.15) is 21.7 Å². The van der Waals surface area contributed by atoms with Crippen molar-refractivity contribution in [1.29, 1.82) is 0 Å². The van der Waals surface area contributed by atoms with Crippen LogP contribution in [-0.4, -0.2) is 19.2 Å². The van der Waals surface area contributed by atoms with Gasteiger partial charge < -0.3 is 9.47 Å². The molecule has 0 saturated heterocycles. The summed E-state index contributed by atoms with van der Waals surface area (Å²) in [5.74, 6) is 1.46. The van der Waals surface area contributed by atoms with Gasteiger partial charge in [0.25, 0.3) is 0 Å². The maximum atomic E-state index is 5.45. The number of benzene rings is 2. The maximum Gasteiger partial charge on any atom is 0.167 e. The Balaban J connectivity index is 1.97. The molecule has 0 fully saturated rings. The molecule has 0 aliphatic carbocycles. The van der Waals surface area contributed by atoms with Gasteiger partial charge in [0.05, 0.1) is 24.4 Å². The first kappa shape index (κ1) is 15.6. The van der Waals surface area contributed by atoms with Crippen molar-refractivity contribution >= 4 is 33.7 Å². The molecule has 2 aromatic carbocycles. The fourth-order valence-corrected chi connectivity index (χ4v) is 3.42. The largest absolute Gasteiger partial charge is 0.493 e. The standard InChI is InChI=1S/C19H19NO2S/c1-12-10-15-17(11-13(12)2)23-18(20-15)9-8-14-6-5-7-16(21-3)19(14)22-4/h5-11H,1-4H3. The quantitative estimate of drug-likeness (QED) is 0.668. The summed E-state index contributed by atoms with van der Waals surface area (Å²) >= 11 is 1.69. The minimum absolute atomic E-state index is 0.727. The van der Waals surface area contributed by atoms with Crippen molar-refractivity contribution in [2.75, 3.05) is 14.2 Å². The van der Waals surface area contributed by atoms with E-state index in [1.165, 1.54) is 15.8 Å². The third-order valence-corrected chi connectivity index (χ3v) is 4.84. The highest BCUT2D eigenvalue weighted by molar-refractivity contribution is 7.19. The molecule has 1 heterocycles. The van der Waals surface area contributed by atoms with Crippen molar-refractivity contribution in [3.63, 3.8) is 0 Å². The van der Waals surface area contributed by atoms with Gasteiger partial charge in [-0.2, -0.15) is 0 Å². The molecule has 118 valence electrons. The lowest BCUT2D eigenvalue weighted by Crippen LogP contribution is -1.92. The van der Waals surface area contributed by atoms with E-state index in [9.17, 15) is 0 Å². The minimum atomic E-state index is 0.727. The number of rotatable bonds is 4. The van der Waals surface area contributed by atoms with Crippen LogP contribution in [0.15, 0.2) is 30.3 Å². The predicted octanol–water partition coefficient (Wildman–Crippen LogP) is 5.10. The van der Waals surface area contributed by atoms with Gasteiger partial charge in [-0.25, -0.2) is 4.98 Å². The number of hydrogen-bond donors (Lipinski definition) is 0. The molecule has 0 radical (unpaired) electrons. The van der Waals surface area contributed by atoms with Crippen molar-refractivity contribution in [1.82, 2.24) is 4.98 Å². The Hall–Kier alpha value is -2.33. The molecule has 0 N–H and O–H groups in total. The molecule has 3 rings (SSSR count). The average Bonchev–Trinajstić information content (AvgIpc) is 2.94. The van der Waals surface area contributed by atoms with Gasteiger partial charge in [0, 0.05) is 5.56 Å². The molecule has 23 heavy (non-hydrogen) atoms. The summed E-state index contributed by atoms with van der Waals surface area (Å²) in [6, 6.07) is 10.2. The van der Waals surface area contributed by atoms with Crippen molar-refractivity contribution in [2.24, 2.45) is 0 Å². The Bertz CT molecular complexity index is 841. The summed E-state index contributed by atoms with van der Waals surface area (Å²) in [5.41, 5.74) is 4.59. The molecule has 0 spiro atoms. The molecule has 1 aromatic heterocycles. The maximum absolute atomic E-state index is 5.45. The van der Waals surface area contributed by atoms with Gasteiger partial charge in [-0.1, -0.05) is 12.1 Å². The third-order valence-electron chi connectivity index (χ3n) is 3.86. The topological polar surface area (TPSA) is 31.4 Å². The molecule has 0 saturated carbocycles. The van der Waals surface area contributed by atoms with Gasteiger partial charge >= 0.3 is 0 Å². The van der Waals surface area contributed by atoms with Crippen molar-refractivity contribution in [3.8, 4) is 11.5 Å². The van der Waals surface area contributed by atoms with Gasteiger partial charge in [0.15, 0.2) is 11.5 Å². The van der Waals surface area contributed by atoms with Crippen molar-refractivity contribution < 1.29 is 9.47 Å². The molecule has 0 aliphatic heterocycles. The molecule has 0 atom stereocenters. The fraction of sp³-hybridized carbons (Fsp3) is 0.211. The molecule has 0 unspecified atom stereocenters. The van der Waals surface area contributed by atoms with Crippen LogP contribution in [-0.2, 0) is 0 Å². The zero-order valence-corrected chi connectivity index (χ0v) is 14.5. The van der Waals surface area contributed by atoms with Gasteiger partial charge in [-0.3, -0.25) is 0 Å². The van der Waals surface area contributed by atoms with Crippen LogP contribution in [0, 0.1) is 13.8 Å². The fourth-order valence-electron chi connectivity index (χ4n) is 2.47. The first-order valence-electron chi connectivity index (χ1n) is 7.39. The highest BCUT2D eigenvalue weighted by atomic mass is 32.1. The van der Waals surface area contributed by atoms with E-state index in [-0.39, 0.29) is 0 Å². The smallest absolute Gasteiger partial charge is 0.167 e. The minimum Gasteiger partial charge on any atom is -0.493 e. The van der Waals surface area contributed by atoms with Crippen LogP contribution in [0.3, 0.4) is 0 Å². The Morgan fingerprint density at radius 2 is 1.78 bits per heavy atom. The van der Waals surface area contributed by atoms with Crippen LogP contribution in [0.5, 0.6) is 11.5 Å². The van der Waals surface area contributed by atoms with E-state index in [2.05, 4.69) is 31.0 Å². The summed E-state index contributed by atoms with van der Waals surface area (Å²) in [7, 11) is 3.29. The summed E-state index contributed by atoms with van der Waals surface area (Å²) in [4.78, 5) is 4.69. The lowest BCUT2D eigenvalue weighted by molar-refractivity contribution is 0.354. The van der Waals surface area contributed by atoms with Crippen LogP contribution >= 0.6 is 11.3 Å². The second-order valence-electron chi connectivity index (χ2n) is 5.37. The number of fused-ring (bicyclic) bond motifs is 1. The number of aryl methyl sites for hydroxylation is 2. The Labute approximate surface area is 140 Å². The zero-order valence-electron chi connectivity index (χ0n) is 13.7. The number of thiazole rings is 1. The van der Waals surface area contributed by atoms with E-state index < -0.39 is 0 Å². The molecular weight excluding hydrogens is 306 g/mol. The lowest BCUT2D eigenvalue weighted by Gasteiger charge is -2.09. The van der Waals surface area contributed by atoms with Gasteiger partial charge in [0.1, 0.15) is 5.01 Å². The number of hydrogen-bond acceptors (Lipinski definition) is 4. The predicted molar refractivity (Wildman–Crippen MR) is 97.6 cm³/mol. The molecule has 0 aliphatic rings. The van der Waals surface area contributed by atoms with Crippen molar-refractivity contribution in [2.45, 2.75) is 13.8 Å². The molecular formula is C19H19NO2S. The van der Waals surface area contributed by atoms with Gasteiger partial charge in [-0.05, 0) is 55.3 Å². The lowest BCUT2D eigenvalue weighted by atomic mass is 10.1. The summed E-state index contributed by atoms with van der Waals surface area (Å²) in [5, 5.41) is 0.981. The van der Waals surface area contributed by atoms with E-state index in [0.717, 1.165) is 27.6 Å². The Kier molecular flexibility index (Phi) is 4.35. The first-order chi connectivity index (χ1) is 11.1. The highest BCUT2D eigenvalue weighted by Crippen LogP contribution is 2.32. The van der Waals surface area contributed by atoms with E-state index >= 15 is 0 Å². The monoisotopic (exact) mass is 325 g/mol. The Morgan fingerprint density at radius 1 is 1.00 bits per heavy atom. The van der Waals surface area contributed by atoms with Crippen LogP contribution in [0.4, 0.5) is 0 Å². The van der Waals surface area contributed by atoms with Crippen LogP contribution < -0.4 is 9.47 Å². The van der Waals surface area contributed by atoms with E-state index in [0.29, 0.717) is 0 Å². The van der Waals surface area contributed by atoms with E-state index in [4.69, 9.17) is 9.47 Å². The number of aromatic nitrogens is 1. The average molecular weight is 325 g/mol. The summed E-state index contributed by atoms with van der Waals surface area (Å²) in [6.45, 7) is 4.25. The van der Waals surface area contributed by atoms with Gasteiger partial charge in [-0.15, -0.1) is 11.3 Å². The molecule has 0 amide bonds. The SMILES string of the molecule is COc1cccc(C=Cc2nc3cc(C)c(C)cc3s2)c1OC. The van der Waals surface area contributed by atoms with Crippen LogP contribution in [0.2, 0.25) is 0 Å². The van der Waals surface area contributed by atoms with Crippen LogP contribution in [0.25, 0.3) is 22.4 Å². The molecule has 3 aromatic rings. The van der Waals surface area contributed by atoms with Gasteiger partial charge in [0.2, 0.25) is 0 Å². The number of para-hydroxylation sites is 1. The molecule has 0 bridgehead atoms. The van der Waals surface area contributed by atoms with E-state index in [1.54, 1.807) is 25.6 Å². The number of nitrogens with zero attached hydrogens (tertiary/aromatic N) is 1. The molecule has 4 heteroatoms. The third kappa shape index (κ3) is 3.08.